The lowest BCUT2D eigenvalue weighted by Crippen LogP contribution is -2.14. The normalized spacial score (nSPS) is 11.3. The lowest BCUT2D eigenvalue weighted by Gasteiger charge is -2.13. The smallest absolute Gasteiger partial charge is 0.102 e. The number of hydrogen-bond acceptors (Lipinski definition) is 4. The van der Waals surface area contributed by atoms with Gasteiger partial charge in [-0.25, -0.2) is 4.98 Å². The van der Waals surface area contributed by atoms with Crippen LogP contribution in [0.1, 0.15) is 22.3 Å². The number of rotatable bonds is 9. The average Bonchev–Trinajstić information content (AvgIpc) is 2.79. The maximum Gasteiger partial charge on any atom is 0.102 e. The largest absolute Gasteiger partial charge is 0.309 e. The molecular formula is C27H29N3S. The van der Waals surface area contributed by atoms with Gasteiger partial charge in [0.1, 0.15) is 5.03 Å². The Morgan fingerprint density at radius 2 is 1.48 bits per heavy atom. The quantitative estimate of drug-likeness (QED) is 0.338. The van der Waals surface area contributed by atoms with Gasteiger partial charge in [-0.15, -0.1) is 11.8 Å². The molecule has 1 heterocycles. The Hall–Kier alpha value is -2.66. The number of fused-ring (bicyclic) bond motifs is 1. The first-order chi connectivity index (χ1) is 15.2. The first-order valence-corrected chi connectivity index (χ1v) is 11.6. The van der Waals surface area contributed by atoms with Crippen LogP contribution >= 0.6 is 11.8 Å². The van der Waals surface area contributed by atoms with Crippen LogP contribution in [0.2, 0.25) is 0 Å². The van der Waals surface area contributed by atoms with Gasteiger partial charge in [-0.2, -0.15) is 0 Å². The van der Waals surface area contributed by atoms with Crippen molar-refractivity contribution in [3.8, 4) is 0 Å². The molecule has 31 heavy (non-hydrogen) atoms. The summed E-state index contributed by atoms with van der Waals surface area (Å²) in [6, 6.07) is 30.1. The van der Waals surface area contributed by atoms with E-state index in [1.807, 2.05) is 11.8 Å². The minimum atomic E-state index is 0.800. The van der Waals surface area contributed by atoms with Crippen molar-refractivity contribution in [3.05, 3.63) is 107 Å². The molecule has 0 unspecified atom stereocenters. The van der Waals surface area contributed by atoms with E-state index in [2.05, 4.69) is 109 Å². The van der Waals surface area contributed by atoms with Gasteiger partial charge in [-0.1, -0.05) is 72.8 Å². The molecule has 0 fully saturated rings. The second-order valence-corrected chi connectivity index (χ2v) is 9.04. The lowest BCUT2D eigenvalue weighted by molar-refractivity contribution is 0.402. The molecular weight excluding hydrogens is 398 g/mol. The topological polar surface area (TPSA) is 28.2 Å². The molecule has 0 saturated carbocycles. The number of benzene rings is 3. The molecule has 0 saturated heterocycles. The van der Waals surface area contributed by atoms with Gasteiger partial charge in [-0.3, -0.25) is 0 Å². The second kappa shape index (κ2) is 10.6. The Morgan fingerprint density at radius 3 is 2.26 bits per heavy atom. The van der Waals surface area contributed by atoms with E-state index in [4.69, 9.17) is 4.98 Å². The number of thioether (sulfide) groups is 1. The van der Waals surface area contributed by atoms with Gasteiger partial charge in [0.2, 0.25) is 0 Å². The third kappa shape index (κ3) is 6.17. The Kier molecular flexibility index (Phi) is 7.36. The van der Waals surface area contributed by atoms with Gasteiger partial charge in [-0.05, 0) is 48.5 Å². The van der Waals surface area contributed by atoms with Crippen LogP contribution in [0, 0.1) is 0 Å². The average molecular weight is 428 g/mol. The summed E-state index contributed by atoms with van der Waals surface area (Å²) in [7, 11) is 4.20. The summed E-state index contributed by atoms with van der Waals surface area (Å²) in [5.41, 5.74) is 6.27. The molecule has 4 aromatic rings. The van der Waals surface area contributed by atoms with Crippen LogP contribution in [0.15, 0.2) is 90.0 Å². The highest BCUT2D eigenvalue weighted by Crippen LogP contribution is 2.28. The van der Waals surface area contributed by atoms with Gasteiger partial charge in [0.15, 0.2) is 0 Å². The Bertz CT molecular complexity index is 1110. The van der Waals surface area contributed by atoms with Crippen LogP contribution in [0.5, 0.6) is 0 Å². The molecule has 1 aromatic heterocycles. The van der Waals surface area contributed by atoms with Crippen molar-refractivity contribution in [2.45, 2.75) is 30.4 Å². The maximum absolute atomic E-state index is 4.97. The van der Waals surface area contributed by atoms with Crippen LogP contribution < -0.4 is 5.32 Å². The molecule has 0 aliphatic heterocycles. The highest BCUT2D eigenvalue weighted by Gasteiger charge is 2.08. The molecule has 0 atom stereocenters. The molecule has 3 nitrogen and oxygen atoms in total. The monoisotopic (exact) mass is 427 g/mol. The second-order valence-electron chi connectivity index (χ2n) is 8.08. The SMILES string of the molecule is CN(C)Cc1ccc(CNCc2cc3ccccc3nc2SCc2ccccc2)cc1. The number of hydrogen-bond donors (Lipinski definition) is 1. The van der Waals surface area contributed by atoms with Crippen molar-refractivity contribution in [3.63, 3.8) is 0 Å². The highest BCUT2D eigenvalue weighted by molar-refractivity contribution is 7.98. The summed E-state index contributed by atoms with van der Waals surface area (Å²) >= 11 is 1.81. The van der Waals surface area contributed by atoms with Gasteiger partial charge in [0, 0.05) is 30.8 Å². The van der Waals surface area contributed by atoms with Crippen molar-refractivity contribution < 1.29 is 0 Å². The third-order valence-electron chi connectivity index (χ3n) is 5.15. The van der Waals surface area contributed by atoms with E-state index in [-0.39, 0.29) is 0 Å². The molecule has 4 heteroatoms. The number of nitrogens with zero attached hydrogens (tertiary/aromatic N) is 2. The standard InChI is InChI=1S/C27H29N3S/c1-30(2)19-22-14-12-21(13-15-22)17-28-18-25-16-24-10-6-7-11-26(24)29-27(25)31-20-23-8-4-3-5-9-23/h3-16,28H,17-20H2,1-2H3. The van der Waals surface area contributed by atoms with E-state index in [0.29, 0.717) is 0 Å². The number of para-hydroxylation sites is 1. The van der Waals surface area contributed by atoms with Crippen molar-refractivity contribution >= 4 is 22.7 Å². The Labute approximate surface area is 189 Å². The van der Waals surface area contributed by atoms with E-state index in [1.165, 1.54) is 27.6 Å². The minimum Gasteiger partial charge on any atom is -0.309 e. The van der Waals surface area contributed by atoms with Gasteiger partial charge in [0.05, 0.1) is 5.52 Å². The summed E-state index contributed by atoms with van der Waals surface area (Å²) in [6.07, 6.45) is 0. The fraction of sp³-hybridized carbons (Fsp3) is 0.222. The summed E-state index contributed by atoms with van der Waals surface area (Å²) in [5, 5.41) is 5.92. The number of pyridine rings is 1. The van der Waals surface area contributed by atoms with Crippen LogP contribution in [0.4, 0.5) is 0 Å². The van der Waals surface area contributed by atoms with Crippen molar-refractivity contribution in [1.29, 1.82) is 0 Å². The van der Waals surface area contributed by atoms with E-state index < -0.39 is 0 Å². The molecule has 0 aliphatic rings. The summed E-state index contributed by atoms with van der Waals surface area (Å²) < 4.78 is 0. The molecule has 0 spiro atoms. The minimum absolute atomic E-state index is 0.800. The van der Waals surface area contributed by atoms with Gasteiger partial charge < -0.3 is 10.2 Å². The lowest BCUT2D eigenvalue weighted by atomic mass is 10.1. The predicted octanol–water partition coefficient (Wildman–Crippen LogP) is 5.88. The number of nitrogens with one attached hydrogen (secondary N) is 1. The third-order valence-corrected chi connectivity index (χ3v) is 6.25. The predicted molar refractivity (Wildman–Crippen MR) is 132 cm³/mol. The first kappa shape index (κ1) is 21.6. The first-order valence-electron chi connectivity index (χ1n) is 10.7. The highest BCUT2D eigenvalue weighted by atomic mass is 32.2. The van der Waals surface area contributed by atoms with E-state index in [9.17, 15) is 0 Å². The molecule has 0 bridgehead atoms. The zero-order chi connectivity index (χ0) is 21.5. The molecule has 0 aliphatic carbocycles. The zero-order valence-corrected chi connectivity index (χ0v) is 19.0. The van der Waals surface area contributed by atoms with E-state index in [1.54, 1.807) is 0 Å². The fourth-order valence-electron chi connectivity index (χ4n) is 3.59. The molecule has 158 valence electrons. The van der Waals surface area contributed by atoms with Crippen LogP contribution in [0.25, 0.3) is 10.9 Å². The maximum atomic E-state index is 4.97. The molecule has 0 radical (unpaired) electrons. The van der Waals surface area contributed by atoms with Crippen molar-refractivity contribution in [2.75, 3.05) is 14.1 Å². The van der Waals surface area contributed by atoms with E-state index in [0.717, 1.165) is 35.9 Å². The molecule has 1 N–H and O–H groups in total. The van der Waals surface area contributed by atoms with Crippen LogP contribution in [0.3, 0.4) is 0 Å². The Balaban J connectivity index is 1.45. The van der Waals surface area contributed by atoms with Crippen molar-refractivity contribution in [2.24, 2.45) is 0 Å². The van der Waals surface area contributed by atoms with E-state index >= 15 is 0 Å². The summed E-state index contributed by atoms with van der Waals surface area (Å²) in [5.74, 6) is 0.923. The molecule has 3 aromatic carbocycles. The molecule has 0 amide bonds. The van der Waals surface area contributed by atoms with Gasteiger partial charge >= 0.3 is 0 Å². The number of aromatic nitrogens is 1. The molecule has 4 rings (SSSR count). The van der Waals surface area contributed by atoms with Crippen molar-refractivity contribution in [1.82, 2.24) is 15.2 Å². The fourth-order valence-corrected chi connectivity index (χ4v) is 4.56. The zero-order valence-electron chi connectivity index (χ0n) is 18.2. The summed E-state index contributed by atoms with van der Waals surface area (Å²) in [6.45, 7) is 2.62. The summed E-state index contributed by atoms with van der Waals surface area (Å²) in [4.78, 5) is 7.16. The Morgan fingerprint density at radius 1 is 0.774 bits per heavy atom. The van der Waals surface area contributed by atoms with Crippen LogP contribution in [-0.4, -0.2) is 24.0 Å². The van der Waals surface area contributed by atoms with Gasteiger partial charge in [0.25, 0.3) is 0 Å². The van der Waals surface area contributed by atoms with Crippen LogP contribution in [-0.2, 0) is 25.4 Å².